The lowest BCUT2D eigenvalue weighted by Gasteiger charge is -2.27. The molecule has 0 atom stereocenters. The van der Waals surface area contributed by atoms with E-state index in [0.717, 1.165) is 44.0 Å². The van der Waals surface area contributed by atoms with E-state index < -0.39 is 16.6 Å². The van der Waals surface area contributed by atoms with E-state index in [-0.39, 0.29) is 0 Å². The molecule has 1 aliphatic heterocycles. The SMILES string of the molecule is C=CCN1CCC(O[Si](C)(C)C)=C(O[Si](C)(C)C)CC1. The summed E-state index contributed by atoms with van der Waals surface area (Å²) >= 11 is 0. The van der Waals surface area contributed by atoms with Gasteiger partial charge in [-0.25, -0.2) is 0 Å². The van der Waals surface area contributed by atoms with Crippen LogP contribution in [0, 0.1) is 0 Å². The van der Waals surface area contributed by atoms with Crippen LogP contribution >= 0.6 is 0 Å². The van der Waals surface area contributed by atoms with Gasteiger partial charge in [0.1, 0.15) is 11.5 Å². The van der Waals surface area contributed by atoms with Crippen molar-refractivity contribution in [3.05, 3.63) is 24.2 Å². The lowest BCUT2D eigenvalue weighted by molar-refractivity contribution is 0.301. The summed E-state index contributed by atoms with van der Waals surface area (Å²) in [6.45, 7) is 20.3. The molecule has 0 radical (unpaired) electrons. The van der Waals surface area contributed by atoms with Crippen molar-refractivity contribution >= 4 is 16.6 Å². The zero-order chi connectivity index (χ0) is 15.4. The summed E-state index contributed by atoms with van der Waals surface area (Å²) in [6, 6.07) is 0. The predicted molar refractivity (Wildman–Crippen MR) is 91.8 cm³/mol. The normalized spacial score (nSPS) is 18.7. The van der Waals surface area contributed by atoms with E-state index in [1.165, 1.54) is 0 Å². The van der Waals surface area contributed by atoms with Gasteiger partial charge in [0, 0.05) is 32.5 Å². The molecule has 20 heavy (non-hydrogen) atoms. The molecule has 0 N–H and O–H groups in total. The lowest BCUT2D eigenvalue weighted by Crippen LogP contribution is -2.29. The highest BCUT2D eigenvalue weighted by atomic mass is 28.4. The summed E-state index contributed by atoms with van der Waals surface area (Å²) in [4.78, 5) is 2.42. The Kier molecular flexibility index (Phi) is 6.10. The summed E-state index contributed by atoms with van der Waals surface area (Å²) in [6.07, 6.45) is 3.89. The van der Waals surface area contributed by atoms with Crippen molar-refractivity contribution in [2.75, 3.05) is 19.6 Å². The minimum absolute atomic E-state index is 0.945. The number of hydrogen-bond donors (Lipinski definition) is 0. The van der Waals surface area contributed by atoms with Crippen LogP contribution in [0.5, 0.6) is 0 Å². The fourth-order valence-corrected chi connectivity index (χ4v) is 4.14. The van der Waals surface area contributed by atoms with E-state index in [1.54, 1.807) is 0 Å². The second kappa shape index (κ2) is 6.96. The topological polar surface area (TPSA) is 21.7 Å². The van der Waals surface area contributed by atoms with E-state index >= 15 is 0 Å². The minimum atomic E-state index is -1.59. The third-order valence-electron chi connectivity index (χ3n) is 2.87. The van der Waals surface area contributed by atoms with Crippen LogP contribution in [0.25, 0.3) is 0 Å². The summed E-state index contributed by atoms with van der Waals surface area (Å²) in [5.74, 6) is 2.22. The monoisotopic (exact) mass is 313 g/mol. The van der Waals surface area contributed by atoms with Crippen LogP contribution in [0.2, 0.25) is 39.3 Å². The first-order valence-corrected chi connectivity index (χ1v) is 14.4. The molecule has 1 rings (SSSR count). The molecule has 0 unspecified atom stereocenters. The molecular weight excluding hydrogens is 282 g/mol. The van der Waals surface area contributed by atoms with Gasteiger partial charge in [-0.2, -0.15) is 0 Å². The molecule has 0 fully saturated rings. The molecule has 0 saturated carbocycles. The number of nitrogens with zero attached hydrogens (tertiary/aromatic N) is 1. The van der Waals surface area contributed by atoms with Gasteiger partial charge in [-0.15, -0.1) is 6.58 Å². The first kappa shape index (κ1) is 17.5. The van der Waals surface area contributed by atoms with Crippen molar-refractivity contribution in [3.8, 4) is 0 Å². The molecule has 1 heterocycles. The van der Waals surface area contributed by atoms with Gasteiger partial charge in [0.25, 0.3) is 0 Å². The smallest absolute Gasteiger partial charge is 0.241 e. The van der Waals surface area contributed by atoms with Crippen LogP contribution in [0.3, 0.4) is 0 Å². The van der Waals surface area contributed by atoms with E-state index in [2.05, 4.69) is 50.8 Å². The molecule has 3 nitrogen and oxygen atoms in total. The molecule has 116 valence electrons. The molecule has 0 aromatic heterocycles. The fraction of sp³-hybridized carbons (Fsp3) is 0.733. The third kappa shape index (κ3) is 6.77. The van der Waals surface area contributed by atoms with Crippen LogP contribution in [-0.2, 0) is 8.85 Å². The Hall–Kier alpha value is -0.526. The van der Waals surface area contributed by atoms with E-state index in [0.29, 0.717) is 0 Å². The molecule has 0 aliphatic carbocycles. The summed E-state index contributed by atoms with van der Waals surface area (Å²) < 4.78 is 12.6. The number of rotatable bonds is 6. The molecule has 0 aromatic carbocycles. The molecule has 0 aromatic rings. The van der Waals surface area contributed by atoms with Gasteiger partial charge in [-0.1, -0.05) is 6.08 Å². The maximum atomic E-state index is 6.31. The van der Waals surface area contributed by atoms with Crippen molar-refractivity contribution in [3.63, 3.8) is 0 Å². The highest BCUT2D eigenvalue weighted by Crippen LogP contribution is 2.26. The van der Waals surface area contributed by atoms with Gasteiger partial charge in [-0.3, -0.25) is 4.90 Å². The molecular formula is C15H31NO2Si2. The zero-order valence-electron chi connectivity index (χ0n) is 14.1. The van der Waals surface area contributed by atoms with Crippen molar-refractivity contribution in [1.29, 1.82) is 0 Å². The summed E-state index contributed by atoms with van der Waals surface area (Å²) in [7, 11) is -3.17. The Bertz CT molecular complexity index is 337. The molecule has 1 aliphatic rings. The van der Waals surface area contributed by atoms with Gasteiger partial charge < -0.3 is 8.85 Å². The van der Waals surface area contributed by atoms with Crippen molar-refractivity contribution < 1.29 is 8.85 Å². The standard InChI is InChI=1S/C15H31NO2Si2/c1-8-11-16-12-9-14(17-19(2,3)4)15(10-13-16)18-20(5,6)7/h8H,1,9-13H2,2-7H3. The van der Waals surface area contributed by atoms with Gasteiger partial charge in [0.05, 0.1) is 0 Å². The lowest BCUT2D eigenvalue weighted by atomic mass is 10.3. The first-order chi connectivity index (χ1) is 9.11. The fourth-order valence-electron chi connectivity index (χ4n) is 2.23. The number of hydrogen-bond acceptors (Lipinski definition) is 3. The molecule has 0 bridgehead atoms. The maximum absolute atomic E-state index is 6.31. The quantitative estimate of drug-likeness (QED) is 0.542. The average molecular weight is 314 g/mol. The van der Waals surface area contributed by atoms with E-state index in [4.69, 9.17) is 8.85 Å². The molecule has 0 spiro atoms. The highest BCUT2D eigenvalue weighted by molar-refractivity contribution is 6.70. The van der Waals surface area contributed by atoms with Crippen LogP contribution in [0.1, 0.15) is 12.8 Å². The van der Waals surface area contributed by atoms with E-state index in [9.17, 15) is 0 Å². The van der Waals surface area contributed by atoms with Gasteiger partial charge in [0.15, 0.2) is 0 Å². The Balaban J connectivity index is 2.88. The largest absolute Gasteiger partial charge is 0.545 e. The van der Waals surface area contributed by atoms with Crippen molar-refractivity contribution in [1.82, 2.24) is 4.90 Å². The Morgan fingerprint density at radius 3 is 1.65 bits per heavy atom. The van der Waals surface area contributed by atoms with Crippen LogP contribution in [0.4, 0.5) is 0 Å². The molecule has 0 amide bonds. The second-order valence-electron chi connectivity index (χ2n) is 7.36. The maximum Gasteiger partial charge on any atom is 0.241 e. The van der Waals surface area contributed by atoms with Crippen LogP contribution in [-0.4, -0.2) is 41.2 Å². The summed E-state index contributed by atoms with van der Waals surface area (Å²) in [5.41, 5.74) is 0. The van der Waals surface area contributed by atoms with E-state index in [1.807, 2.05) is 6.08 Å². The van der Waals surface area contributed by atoms with Crippen LogP contribution in [0.15, 0.2) is 24.2 Å². The zero-order valence-corrected chi connectivity index (χ0v) is 16.1. The highest BCUT2D eigenvalue weighted by Gasteiger charge is 2.27. The van der Waals surface area contributed by atoms with Gasteiger partial charge >= 0.3 is 0 Å². The van der Waals surface area contributed by atoms with Crippen molar-refractivity contribution in [2.24, 2.45) is 0 Å². The Morgan fingerprint density at radius 2 is 1.35 bits per heavy atom. The minimum Gasteiger partial charge on any atom is -0.545 e. The van der Waals surface area contributed by atoms with Gasteiger partial charge in [-0.05, 0) is 39.3 Å². The Labute approximate surface area is 126 Å². The predicted octanol–water partition coefficient (Wildman–Crippen LogP) is 4.18. The van der Waals surface area contributed by atoms with Gasteiger partial charge in [0.2, 0.25) is 16.6 Å². The summed E-state index contributed by atoms with van der Waals surface area (Å²) in [5, 5.41) is 0. The molecule has 0 saturated heterocycles. The third-order valence-corrected chi connectivity index (χ3v) is 4.58. The van der Waals surface area contributed by atoms with Crippen molar-refractivity contribution in [2.45, 2.75) is 52.1 Å². The first-order valence-electron chi connectivity index (χ1n) is 7.54. The Morgan fingerprint density at radius 1 is 0.950 bits per heavy atom. The molecule has 5 heteroatoms. The second-order valence-corrected chi connectivity index (χ2v) is 16.2. The average Bonchev–Trinajstić information content (AvgIpc) is 2.41. The van der Waals surface area contributed by atoms with Crippen LogP contribution < -0.4 is 0 Å².